The van der Waals surface area contributed by atoms with E-state index >= 15 is 0 Å². The van der Waals surface area contributed by atoms with Crippen LogP contribution in [0.2, 0.25) is 10.0 Å². The number of benzene rings is 3. The number of nitrogens with one attached hydrogen (secondary N) is 1. The SMILES string of the molecule is O=C(Cn1c(=O)n(Cc2ccc(Cl)cc2)c(=O)c2ccccc21)Nc1ccc(Cl)cc1F. The summed E-state index contributed by atoms with van der Waals surface area (Å²) in [5, 5.41) is 3.44. The van der Waals surface area contributed by atoms with Crippen molar-refractivity contribution in [2.75, 3.05) is 5.32 Å². The van der Waals surface area contributed by atoms with Crippen molar-refractivity contribution in [3.05, 3.63) is 109 Å². The Morgan fingerprint density at radius 3 is 2.31 bits per heavy atom. The Morgan fingerprint density at radius 2 is 1.59 bits per heavy atom. The van der Waals surface area contributed by atoms with Crippen LogP contribution in [0.1, 0.15) is 5.56 Å². The zero-order chi connectivity index (χ0) is 22.8. The van der Waals surface area contributed by atoms with Gasteiger partial charge in [0.15, 0.2) is 0 Å². The van der Waals surface area contributed by atoms with Crippen LogP contribution in [0.25, 0.3) is 10.9 Å². The molecule has 0 unspecified atom stereocenters. The summed E-state index contributed by atoms with van der Waals surface area (Å²) in [5.41, 5.74) is -0.188. The topological polar surface area (TPSA) is 73.1 Å². The molecule has 162 valence electrons. The van der Waals surface area contributed by atoms with Gasteiger partial charge in [-0.05, 0) is 48.0 Å². The minimum absolute atomic E-state index is 0.00705. The first-order chi connectivity index (χ1) is 15.3. The standard InChI is InChI=1S/C23H16Cl2FN3O3/c24-15-7-5-14(6-8-15)12-29-22(31)17-3-1-2-4-20(17)28(23(29)32)13-21(30)27-19-10-9-16(25)11-18(19)26/h1-11H,12-13H2,(H,27,30). The van der Waals surface area contributed by atoms with Gasteiger partial charge in [-0.1, -0.05) is 47.5 Å². The van der Waals surface area contributed by atoms with Crippen LogP contribution in [0.5, 0.6) is 0 Å². The van der Waals surface area contributed by atoms with Gasteiger partial charge in [-0.3, -0.25) is 18.7 Å². The van der Waals surface area contributed by atoms with Gasteiger partial charge in [0.1, 0.15) is 12.4 Å². The van der Waals surface area contributed by atoms with E-state index in [0.717, 1.165) is 10.6 Å². The van der Waals surface area contributed by atoms with Crippen LogP contribution < -0.4 is 16.6 Å². The molecule has 9 heteroatoms. The molecule has 0 aliphatic carbocycles. The fourth-order valence-corrected chi connectivity index (χ4v) is 3.64. The second-order valence-electron chi connectivity index (χ2n) is 7.08. The molecular weight excluding hydrogens is 456 g/mol. The molecule has 0 atom stereocenters. The summed E-state index contributed by atoms with van der Waals surface area (Å²) >= 11 is 11.7. The van der Waals surface area contributed by atoms with Gasteiger partial charge in [-0.15, -0.1) is 0 Å². The Morgan fingerprint density at radius 1 is 0.906 bits per heavy atom. The maximum Gasteiger partial charge on any atom is 0.332 e. The van der Waals surface area contributed by atoms with E-state index in [4.69, 9.17) is 23.2 Å². The molecule has 4 aromatic rings. The summed E-state index contributed by atoms with van der Waals surface area (Å²) in [7, 11) is 0. The fraction of sp³-hybridized carbons (Fsp3) is 0.0870. The highest BCUT2D eigenvalue weighted by Gasteiger charge is 2.16. The largest absolute Gasteiger partial charge is 0.332 e. The predicted octanol–water partition coefficient (Wildman–Crippen LogP) is 4.30. The predicted molar refractivity (Wildman–Crippen MR) is 123 cm³/mol. The smallest absolute Gasteiger partial charge is 0.322 e. The highest BCUT2D eigenvalue weighted by Crippen LogP contribution is 2.19. The zero-order valence-electron chi connectivity index (χ0n) is 16.5. The lowest BCUT2D eigenvalue weighted by Crippen LogP contribution is -2.42. The summed E-state index contributed by atoms with van der Waals surface area (Å²) in [4.78, 5) is 38.8. The number of carbonyl (C=O) groups excluding carboxylic acids is 1. The quantitative estimate of drug-likeness (QED) is 0.471. The molecule has 0 radical (unpaired) electrons. The molecule has 1 heterocycles. The average molecular weight is 472 g/mol. The van der Waals surface area contributed by atoms with Gasteiger partial charge < -0.3 is 5.32 Å². The molecule has 1 amide bonds. The first-order valence-corrected chi connectivity index (χ1v) is 10.3. The molecule has 1 N–H and O–H groups in total. The van der Waals surface area contributed by atoms with Gasteiger partial charge in [0.2, 0.25) is 5.91 Å². The Kier molecular flexibility index (Phi) is 6.12. The lowest BCUT2D eigenvalue weighted by Gasteiger charge is -2.14. The van der Waals surface area contributed by atoms with E-state index in [2.05, 4.69) is 5.32 Å². The van der Waals surface area contributed by atoms with E-state index in [1.807, 2.05) is 0 Å². The Labute approximate surface area is 191 Å². The molecule has 4 rings (SSSR count). The fourth-order valence-electron chi connectivity index (χ4n) is 3.36. The number of carbonyl (C=O) groups is 1. The van der Waals surface area contributed by atoms with Crippen LogP contribution in [-0.2, 0) is 17.9 Å². The maximum absolute atomic E-state index is 14.0. The summed E-state index contributed by atoms with van der Waals surface area (Å²) < 4.78 is 16.3. The first kappa shape index (κ1) is 21.8. The normalized spacial score (nSPS) is 11.0. The van der Waals surface area contributed by atoms with Crippen molar-refractivity contribution in [1.82, 2.24) is 9.13 Å². The number of anilines is 1. The number of para-hydroxylation sites is 1. The van der Waals surface area contributed by atoms with Crippen LogP contribution in [0.3, 0.4) is 0 Å². The minimum atomic E-state index is -0.698. The van der Waals surface area contributed by atoms with E-state index in [9.17, 15) is 18.8 Å². The molecule has 0 aliphatic rings. The first-order valence-electron chi connectivity index (χ1n) is 9.55. The van der Waals surface area contributed by atoms with Crippen molar-refractivity contribution < 1.29 is 9.18 Å². The molecule has 0 spiro atoms. The van der Waals surface area contributed by atoms with Crippen molar-refractivity contribution in [3.8, 4) is 0 Å². The van der Waals surface area contributed by atoms with E-state index in [0.29, 0.717) is 16.1 Å². The molecule has 1 aromatic heterocycles. The highest BCUT2D eigenvalue weighted by atomic mass is 35.5. The van der Waals surface area contributed by atoms with Crippen molar-refractivity contribution >= 4 is 45.7 Å². The number of aromatic nitrogens is 2. The molecule has 3 aromatic carbocycles. The van der Waals surface area contributed by atoms with Crippen molar-refractivity contribution in [2.24, 2.45) is 0 Å². The lowest BCUT2D eigenvalue weighted by atomic mass is 10.2. The van der Waals surface area contributed by atoms with Crippen molar-refractivity contribution in [3.63, 3.8) is 0 Å². The number of halogens is 3. The van der Waals surface area contributed by atoms with E-state index < -0.39 is 29.5 Å². The monoisotopic (exact) mass is 471 g/mol. The van der Waals surface area contributed by atoms with Crippen LogP contribution in [0, 0.1) is 5.82 Å². The molecule has 0 fully saturated rings. The number of amides is 1. The number of fused-ring (bicyclic) bond motifs is 1. The van der Waals surface area contributed by atoms with Gasteiger partial charge in [-0.2, -0.15) is 0 Å². The lowest BCUT2D eigenvalue weighted by molar-refractivity contribution is -0.116. The third-order valence-electron chi connectivity index (χ3n) is 4.89. The molecule has 6 nitrogen and oxygen atoms in total. The number of hydrogen-bond acceptors (Lipinski definition) is 3. The van der Waals surface area contributed by atoms with Gasteiger partial charge in [0.05, 0.1) is 23.1 Å². The number of rotatable bonds is 5. The van der Waals surface area contributed by atoms with Gasteiger partial charge >= 0.3 is 5.69 Å². The average Bonchev–Trinajstić information content (AvgIpc) is 2.77. The Bertz CT molecular complexity index is 1450. The summed E-state index contributed by atoms with van der Waals surface area (Å²) in [6.07, 6.45) is 0. The van der Waals surface area contributed by atoms with Gasteiger partial charge in [-0.25, -0.2) is 9.18 Å². The number of hydrogen-bond donors (Lipinski definition) is 1. The summed E-state index contributed by atoms with van der Waals surface area (Å²) in [5.74, 6) is -1.33. The van der Waals surface area contributed by atoms with E-state index in [1.165, 1.54) is 16.7 Å². The second-order valence-corrected chi connectivity index (χ2v) is 7.95. The van der Waals surface area contributed by atoms with Crippen LogP contribution >= 0.6 is 23.2 Å². The summed E-state index contributed by atoms with van der Waals surface area (Å²) in [6.45, 7) is -0.407. The molecular formula is C23H16Cl2FN3O3. The molecule has 0 saturated heterocycles. The zero-order valence-corrected chi connectivity index (χ0v) is 18.0. The van der Waals surface area contributed by atoms with E-state index in [-0.39, 0.29) is 22.6 Å². The molecule has 32 heavy (non-hydrogen) atoms. The number of nitrogens with zero attached hydrogens (tertiary/aromatic N) is 2. The van der Waals surface area contributed by atoms with Crippen LogP contribution in [0.4, 0.5) is 10.1 Å². The van der Waals surface area contributed by atoms with Crippen LogP contribution in [0.15, 0.2) is 76.3 Å². The van der Waals surface area contributed by atoms with Gasteiger partial charge in [0, 0.05) is 10.0 Å². The Hall–Kier alpha value is -3.42. The molecule has 0 saturated carbocycles. The van der Waals surface area contributed by atoms with E-state index in [1.54, 1.807) is 48.5 Å². The van der Waals surface area contributed by atoms with Crippen molar-refractivity contribution in [1.29, 1.82) is 0 Å². The third-order valence-corrected chi connectivity index (χ3v) is 5.38. The maximum atomic E-state index is 14.0. The summed E-state index contributed by atoms with van der Waals surface area (Å²) in [6, 6.07) is 17.1. The van der Waals surface area contributed by atoms with Crippen LogP contribution in [-0.4, -0.2) is 15.0 Å². The second kappa shape index (κ2) is 8.98. The van der Waals surface area contributed by atoms with Gasteiger partial charge in [0.25, 0.3) is 5.56 Å². The minimum Gasteiger partial charge on any atom is -0.322 e. The third kappa shape index (κ3) is 4.44. The van der Waals surface area contributed by atoms with Crippen molar-refractivity contribution in [2.45, 2.75) is 13.1 Å². The molecule has 0 bridgehead atoms. The molecule has 0 aliphatic heterocycles. The Balaban J connectivity index is 1.74. The highest BCUT2D eigenvalue weighted by molar-refractivity contribution is 6.30.